The van der Waals surface area contributed by atoms with E-state index in [1.165, 1.54) is 0 Å². The van der Waals surface area contributed by atoms with Crippen molar-refractivity contribution < 1.29 is 19.4 Å². The van der Waals surface area contributed by atoms with Gasteiger partial charge in [0.1, 0.15) is 28.4 Å². The molecule has 0 saturated heterocycles. The molecule has 114 valence electrons. The molecule has 1 heterocycles. The van der Waals surface area contributed by atoms with Gasteiger partial charge in [-0.2, -0.15) is 0 Å². The fourth-order valence-corrected chi connectivity index (χ4v) is 2.72. The van der Waals surface area contributed by atoms with Crippen LogP contribution >= 0.6 is 0 Å². The highest BCUT2D eigenvalue weighted by Gasteiger charge is 2.34. The van der Waals surface area contributed by atoms with Crippen molar-refractivity contribution in [2.24, 2.45) is 0 Å². The van der Waals surface area contributed by atoms with E-state index in [-0.39, 0.29) is 23.5 Å². The monoisotopic (exact) mass is 298 g/mol. The normalized spacial score (nSPS) is 15.9. The zero-order valence-corrected chi connectivity index (χ0v) is 12.8. The maximum Gasteiger partial charge on any atom is 0.174 e. The third-order valence-electron chi connectivity index (χ3n) is 3.76. The van der Waals surface area contributed by atoms with Crippen LogP contribution in [-0.2, 0) is 0 Å². The number of ketones is 1. The molecule has 0 aliphatic carbocycles. The standard InChI is InChI=1S/C18H18O4/c1-18(2)10-15(20)17-14(19)8-12(9-16(17)22-18)11-4-6-13(21-3)7-5-11/h4-9,19H,10H2,1-3H3. The van der Waals surface area contributed by atoms with E-state index in [4.69, 9.17) is 9.47 Å². The lowest BCUT2D eigenvalue weighted by molar-refractivity contribution is 0.0615. The summed E-state index contributed by atoms with van der Waals surface area (Å²) in [6.45, 7) is 3.73. The van der Waals surface area contributed by atoms with Crippen molar-refractivity contribution in [3.05, 3.63) is 42.0 Å². The van der Waals surface area contributed by atoms with Crippen molar-refractivity contribution in [3.8, 4) is 28.4 Å². The summed E-state index contributed by atoms with van der Waals surface area (Å²) in [6, 6.07) is 10.9. The number of carbonyl (C=O) groups is 1. The first-order valence-electron chi connectivity index (χ1n) is 7.13. The lowest BCUT2D eigenvalue weighted by atomic mass is 9.91. The molecule has 0 fully saturated rings. The van der Waals surface area contributed by atoms with E-state index < -0.39 is 5.60 Å². The number of phenols is 1. The smallest absolute Gasteiger partial charge is 0.174 e. The van der Waals surface area contributed by atoms with Crippen LogP contribution in [0.2, 0.25) is 0 Å². The van der Waals surface area contributed by atoms with Crippen molar-refractivity contribution in [3.63, 3.8) is 0 Å². The van der Waals surface area contributed by atoms with Crippen LogP contribution in [0, 0.1) is 0 Å². The molecule has 0 unspecified atom stereocenters. The Morgan fingerprint density at radius 2 is 1.82 bits per heavy atom. The summed E-state index contributed by atoms with van der Waals surface area (Å²) in [4.78, 5) is 12.2. The Labute approximate surface area is 129 Å². The first kappa shape index (κ1) is 14.4. The molecule has 1 aliphatic rings. The molecule has 1 N–H and O–H groups in total. The van der Waals surface area contributed by atoms with Crippen LogP contribution in [-0.4, -0.2) is 23.6 Å². The number of carbonyl (C=O) groups excluding carboxylic acids is 1. The molecule has 1 aliphatic heterocycles. The summed E-state index contributed by atoms with van der Waals surface area (Å²) in [5.74, 6) is 1.07. The highest BCUT2D eigenvalue weighted by Crippen LogP contribution is 2.41. The minimum atomic E-state index is -0.560. The average molecular weight is 298 g/mol. The number of hydrogen-bond acceptors (Lipinski definition) is 4. The van der Waals surface area contributed by atoms with Gasteiger partial charge in [-0.25, -0.2) is 0 Å². The molecule has 0 spiro atoms. The Morgan fingerprint density at radius 1 is 1.14 bits per heavy atom. The quantitative estimate of drug-likeness (QED) is 0.916. The van der Waals surface area contributed by atoms with Crippen molar-refractivity contribution in [2.45, 2.75) is 25.9 Å². The van der Waals surface area contributed by atoms with Gasteiger partial charge in [0, 0.05) is 0 Å². The number of phenolic OH excluding ortho intramolecular Hbond substituents is 1. The Hall–Kier alpha value is -2.49. The van der Waals surface area contributed by atoms with Gasteiger partial charge in [-0.15, -0.1) is 0 Å². The summed E-state index contributed by atoms with van der Waals surface area (Å²) >= 11 is 0. The average Bonchev–Trinajstić information content (AvgIpc) is 2.45. The Morgan fingerprint density at radius 3 is 2.45 bits per heavy atom. The number of Topliss-reactive ketones (excluding diaryl/α,β-unsaturated/α-hetero) is 1. The number of hydrogen-bond donors (Lipinski definition) is 1. The van der Waals surface area contributed by atoms with E-state index in [0.29, 0.717) is 5.75 Å². The molecule has 3 rings (SSSR count). The van der Waals surface area contributed by atoms with Crippen LogP contribution in [0.25, 0.3) is 11.1 Å². The number of aromatic hydroxyl groups is 1. The third kappa shape index (κ3) is 2.52. The molecule has 2 aromatic rings. The SMILES string of the molecule is COc1ccc(-c2cc(O)c3c(c2)OC(C)(C)CC3=O)cc1. The van der Waals surface area contributed by atoms with Crippen LogP contribution < -0.4 is 9.47 Å². The van der Waals surface area contributed by atoms with E-state index in [1.807, 2.05) is 38.1 Å². The topological polar surface area (TPSA) is 55.8 Å². The predicted octanol–water partition coefficient (Wildman–Crippen LogP) is 3.81. The van der Waals surface area contributed by atoms with E-state index in [0.717, 1.165) is 16.9 Å². The van der Waals surface area contributed by atoms with E-state index in [2.05, 4.69) is 0 Å². The lowest BCUT2D eigenvalue weighted by Gasteiger charge is -2.32. The highest BCUT2D eigenvalue weighted by molar-refractivity contribution is 6.03. The highest BCUT2D eigenvalue weighted by atomic mass is 16.5. The predicted molar refractivity (Wildman–Crippen MR) is 83.7 cm³/mol. The third-order valence-corrected chi connectivity index (χ3v) is 3.76. The molecule has 0 radical (unpaired) electrons. The summed E-state index contributed by atoms with van der Waals surface area (Å²) in [7, 11) is 1.61. The molecule has 4 nitrogen and oxygen atoms in total. The fraction of sp³-hybridized carbons (Fsp3) is 0.278. The van der Waals surface area contributed by atoms with Gasteiger partial charge in [0.25, 0.3) is 0 Å². The molecule has 0 atom stereocenters. The van der Waals surface area contributed by atoms with Gasteiger partial charge in [0.15, 0.2) is 5.78 Å². The number of ether oxygens (including phenoxy) is 2. The number of benzene rings is 2. The van der Waals surface area contributed by atoms with Crippen molar-refractivity contribution in [1.82, 2.24) is 0 Å². The number of methoxy groups -OCH3 is 1. The lowest BCUT2D eigenvalue weighted by Crippen LogP contribution is -2.35. The maximum absolute atomic E-state index is 12.2. The maximum atomic E-state index is 12.2. The molecule has 0 aromatic heterocycles. The van der Waals surface area contributed by atoms with E-state index in [1.54, 1.807) is 19.2 Å². The van der Waals surface area contributed by atoms with Crippen LogP contribution in [0.15, 0.2) is 36.4 Å². The van der Waals surface area contributed by atoms with Crippen molar-refractivity contribution in [2.75, 3.05) is 7.11 Å². The van der Waals surface area contributed by atoms with Gasteiger partial charge >= 0.3 is 0 Å². The van der Waals surface area contributed by atoms with Gasteiger partial charge in [0.2, 0.25) is 0 Å². The van der Waals surface area contributed by atoms with E-state index in [9.17, 15) is 9.90 Å². The summed E-state index contributed by atoms with van der Waals surface area (Å²) < 4.78 is 11.0. The Bertz CT molecular complexity index is 729. The largest absolute Gasteiger partial charge is 0.507 e. The zero-order chi connectivity index (χ0) is 15.9. The second kappa shape index (κ2) is 5.05. The summed E-state index contributed by atoms with van der Waals surface area (Å²) in [5, 5.41) is 10.2. The number of fused-ring (bicyclic) bond motifs is 1. The van der Waals surface area contributed by atoms with Gasteiger partial charge in [-0.3, -0.25) is 4.79 Å². The first-order valence-corrected chi connectivity index (χ1v) is 7.13. The molecule has 0 bridgehead atoms. The molecule has 4 heteroatoms. The van der Waals surface area contributed by atoms with Gasteiger partial charge < -0.3 is 14.6 Å². The van der Waals surface area contributed by atoms with E-state index >= 15 is 0 Å². The molecule has 22 heavy (non-hydrogen) atoms. The Balaban J connectivity index is 2.08. The minimum absolute atomic E-state index is 0.0381. The number of rotatable bonds is 2. The fourth-order valence-electron chi connectivity index (χ4n) is 2.72. The first-order chi connectivity index (χ1) is 10.4. The molecular weight excluding hydrogens is 280 g/mol. The van der Waals surface area contributed by atoms with Gasteiger partial charge in [-0.1, -0.05) is 12.1 Å². The molecule has 0 amide bonds. The molecular formula is C18H18O4. The van der Waals surface area contributed by atoms with Crippen molar-refractivity contribution >= 4 is 5.78 Å². The van der Waals surface area contributed by atoms with Crippen molar-refractivity contribution in [1.29, 1.82) is 0 Å². The second-order valence-corrected chi connectivity index (χ2v) is 6.06. The van der Waals surface area contributed by atoms with Gasteiger partial charge in [-0.05, 0) is 49.2 Å². The summed E-state index contributed by atoms with van der Waals surface area (Å²) in [6.07, 6.45) is 0.259. The van der Waals surface area contributed by atoms with Crippen LogP contribution in [0.3, 0.4) is 0 Å². The van der Waals surface area contributed by atoms with Crippen LogP contribution in [0.4, 0.5) is 0 Å². The summed E-state index contributed by atoms with van der Waals surface area (Å²) in [5.41, 5.74) is 1.43. The molecule has 0 saturated carbocycles. The van der Waals surface area contributed by atoms with Crippen LogP contribution in [0.5, 0.6) is 17.2 Å². The van der Waals surface area contributed by atoms with Crippen LogP contribution in [0.1, 0.15) is 30.6 Å². The zero-order valence-electron chi connectivity index (χ0n) is 12.8. The minimum Gasteiger partial charge on any atom is -0.507 e. The second-order valence-electron chi connectivity index (χ2n) is 6.06. The Kier molecular flexibility index (Phi) is 3.32. The van der Waals surface area contributed by atoms with Gasteiger partial charge in [0.05, 0.1) is 13.5 Å². The molecule has 2 aromatic carbocycles.